The van der Waals surface area contributed by atoms with Crippen molar-refractivity contribution in [2.24, 2.45) is 0 Å². The average Bonchev–Trinajstić information content (AvgIpc) is 3.42. The third-order valence-electron chi connectivity index (χ3n) is 5.00. The molecule has 148 valence electrons. The summed E-state index contributed by atoms with van der Waals surface area (Å²) < 4.78 is 7.95. The zero-order valence-corrected chi connectivity index (χ0v) is 16.6. The Morgan fingerprint density at radius 2 is 1.81 bits per heavy atom. The lowest BCUT2D eigenvalue weighted by Crippen LogP contribution is -1.99. The van der Waals surface area contributed by atoms with E-state index in [1.807, 2.05) is 83.7 Å². The quantitative estimate of drug-likeness (QED) is 0.348. The maximum Gasteiger partial charge on any atom is 0.156 e. The number of fused-ring (bicyclic) bond motifs is 1. The molecule has 2 aromatic carbocycles. The molecular formula is C26H18N4O. The average molecular weight is 402 g/mol. The van der Waals surface area contributed by atoms with E-state index >= 15 is 0 Å². The largest absolute Gasteiger partial charge is 0.454 e. The van der Waals surface area contributed by atoms with Crippen LogP contribution in [0, 0.1) is 11.3 Å². The van der Waals surface area contributed by atoms with Crippen LogP contribution in [0.4, 0.5) is 0 Å². The Morgan fingerprint density at radius 3 is 2.58 bits per heavy atom. The van der Waals surface area contributed by atoms with Gasteiger partial charge in [0.05, 0.1) is 17.8 Å². The molecule has 0 unspecified atom stereocenters. The first kappa shape index (κ1) is 18.6. The second-order valence-corrected chi connectivity index (χ2v) is 7.15. The van der Waals surface area contributed by atoms with Crippen molar-refractivity contribution in [1.29, 1.82) is 5.26 Å². The smallest absolute Gasteiger partial charge is 0.156 e. The number of hydrogen-bond acceptors (Lipinski definition) is 4. The van der Waals surface area contributed by atoms with Gasteiger partial charge in [-0.15, -0.1) is 0 Å². The highest BCUT2D eigenvalue weighted by Crippen LogP contribution is 2.31. The summed E-state index contributed by atoms with van der Waals surface area (Å²) in [6, 6.07) is 27.8. The van der Waals surface area contributed by atoms with E-state index in [1.165, 1.54) is 0 Å². The van der Waals surface area contributed by atoms with Gasteiger partial charge in [0.15, 0.2) is 5.76 Å². The van der Waals surface area contributed by atoms with Crippen LogP contribution in [-0.2, 0) is 6.54 Å². The Morgan fingerprint density at radius 1 is 1.00 bits per heavy atom. The van der Waals surface area contributed by atoms with Gasteiger partial charge in [-0.2, -0.15) is 10.4 Å². The van der Waals surface area contributed by atoms with Crippen LogP contribution < -0.4 is 0 Å². The topological polar surface area (TPSA) is 67.6 Å². The second kappa shape index (κ2) is 8.13. The standard InChI is InChI=1S/C26H18N4O/c27-16-21(23-11-6-7-13-28-23)14-22-18-30(17-19-8-2-1-3-9-19)29-26(22)25-15-20-10-4-5-12-24(20)31-25/h1-15,18H,17H2/b21-14+. The van der Waals surface area contributed by atoms with E-state index in [0.717, 1.165) is 22.1 Å². The maximum atomic E-state index is 9.75. The fraction of sp³-hybridized carbons (Fsp3) is 0.0385. The number of pyridine rings is 1. The molecule has 0 saturated heterocycles. The Balaban J connectivity index is 1.63. The number of allylic oxidation sites excluding steroid dienone is 1. The fourth-order valence-electron chi connectivity index (χ4n) is 3.53. The summed E-state index contributed by atoms with van der Waals surface area (Å²) >= 11 is 0. The lowest BCUT2D eigenvalue weighted by molar-refractivity contribution is 0.621. The van der Waals surface area contributed by atoms with Crippen LogP contribution in [0.3, 0.4) is 0 Å². The summed E-state index contributed by atoms with van der Waals surface area (Å²) in [5.74, 6) is 0.664. The first-order valence-electron chi connectivity index (χ1n) is 9.94. The van der Waals surface area contributed by atoms with E-state index in [-0.39, 0.29) is 0 Å². The molecule has 0 aliphatic carbocycles. The van der Waals surface area contributed by atoms with Crippen LogP contribution >= 0.6 is 0 Å². The van der Waals surface area contributed by atoms with Gasteiger partial charge in [-0.3, -0.25) is 9.67 Å². The minimum Gasteiger partial charge on any atom is -0.454 e. The molecule has 0 N–H and O–H groups in total. The molecule has 0 saturated carbocycles. The van der Waals surface area contributed by atoms with Crippen LogP contribution in [0.1, 0.15) is 16.8 Å². The molecule has 0 fully saturated rings. The molecule has 0 atom stereocenters. The number of benzene rings is 2. The summed E-state index contributed by atoms with van der Waals surface area (Å²) in [4.78, 5) is 4.32. The minimum atomic E-state index is 0.470. The van der Waals surface area contributed by atoms with Crippen molar-refractivity contribution in [2.45, 2.75) is 6.54 Å². The lowest BCUT2D eigenvalue weighted by atomic mass is 10.1. The van der Waals surface area contributed by atoms with E-state index < -0.39 is 0 Å². The first-order valence-corrected chi connectivity index (χ1v) is 9.94. The normalized spacial score (nSPS) is 11.5. The Hall–Kier alpha value is -4.43. The summed E-state index contributed by atoms with van der Waals surface area (Å²) in [5.41, 5.74) is 4.53. The molecule has 5 rings (SSSR count). The van der Waals surface area contributed by atoms with Gasteiger partial charge in [-0.1, -0.05) is 54.6 Å². The van der Waals surface area contributed by atoms with Crippen LogP contribution in [0.15, 0.2) is 95.7 Å². The highest BCUT2D eigenvalue weighted by atomic mass is 16.3. The van der Waals surface area contributed by atoms with Gasteiger partial charge in [-0.05, 0) is 35.9 Å². The molecule has 0 amide bonds. The van der Waals surface area contributed by atoms with Crippen molar-refractivity contribution in [3.63, 3.8) is 0 Å². The van der Waals surface area contributed by atoms with Crippen LogP contribution in [-0.4, -0.2) is 14.8 Å². The van der Waals surface area contributed by atoms with Crippen molar-refractivity contribution in [3.05, 3.63) is 108 Å². The highest BCUT2D eigenvalue weighted by Gasteiger charge is 2.16. The first-order chi connectivity index (χ1) is 15.3. The molecule has 0 spiro atoms. The summed E-state index contributed by atoms with van der Waals surface area (Å²) in [5, 5.41) is 15.6. The SMILES string of the molecule is N#C/C(=C\c1cn(Cc2ccccc2)nc1-c1cc2ccccc2o1)c1ccccn1. The third-order valence-corrected chi connectivity index (χ3v) is 5.00. The van der Waals surface area contributed by atoms with Gasteiger partial charge in [0, 0.05) is 23.3 Å². The maximum absolute atomic E-state index is 9.75. The van der Waals surface area contributed by atoms with Crippen LogP contribution in [0.5, 0.6) is 0 Å². The van der Waals surface area contributed by atoms with E-state index in [9.17, 15) is 5.26 Å². The van der Waals surface area contributed by atoms with Crippen LogP contribution in [0.2, 0.25) is 0 Å². The predicted molar refractivity (Wildman–Crippen MR) is 121 cm³/mol. The van der Waals surface area contributed by atoms with E-state index in [4.69, 9.17) is 9.52 Å². The molecule has 5 nitrogen and oxygen atoms in total. The second-order valence-electron chi connectivity index (χ2n) is 7.15. The molecule has 5 aromatic rings. The Labute approximate surface area is 179 Å². The van der Waals surface area contributed by atoms with Gasteiger partial charge in [-0.25, -0.2) is 0 Å². The third kappa shape index (κ3) is 3.87. The molecular weight excluding hydrogens is 384 g/mol. The Kier molecular flexibility index (Phi) is 4.88. The molecule has 5 heteroatoms. The molecule has 0 aliphatic rings. The molecule has 3 heterocycles. The number of nitrogens with zero attached hydrogens (tertiary/aromatic N) is 4. The van der Waals surface area contributed by atoms with Crippen LogP contribution in [0.25, 0.3) is 34.1 Å². The fourth-order valence-corrected chi connectivity index (χ4v) is 3.53. The number of rotatable bonds is 5. The van der Waals surface area contributed by atoms with Crippen molar-refractivity contribution < 1.29 is 4.42 Å². The Bertz CT molecular complexity index is 1370. The van der Waals surface area contributed by atoms with E-state index in [2.05, 4.69) is 23.2 Å². The number of furan rings is 1. The van der Waals surface area contributed by atoms with Crippen molar-refractivity contribution in [2.75, 3.05) is 0 Å². The zero-order valence-electron chi connectivity index (χ0n) is 16.6. The number of hydrogen-bond donors (Lipinski definition) is 0. The monoisotopic (exact) mass is 402 g/mol. The van der Waals surface area contributed by atoms with Crippen molar-refractivity contribution in [1.82, 2.24) is 14.8 Å². The minimum absolute atomic E-state index is 0.470. The van der Waals surface area contributed by atoms with Crippen molar-refractivity contribution >= 4 is 22.6 Å². The summed E-state index contributed by atoms with van der Waals surface area (Å²) in [6.45, 7) is 0.618. The molecule has 3 aromatic heterocycles. The molecule has 31 heavy (non-hydrogen) atoms. The van der Waals surface area contributed by atoms with Gasteiger partial charge < -0.3 is 4.42 Å². The summed E-state index contributed by atoms with van der Waals surface area (Å²) in [7, 11) is 0. The highest BCUT2D eigenvalue weighted by molar-refractivity contribution is 5.92. The lowest BCUT2D eigenvalue weighted by Gasteiger charge is -2.00. The van der Waals surface area contributed by atoms with Gasteiger partial charge in [0.25, 0.3) is 0 Å². The molecule has 0 bridgehead atoms. The number of aromatic nitrogens is 3. The number of nitriles is 1. The van der Waals surface area contributed by atoms with E-state index in [1.54, 1.807) is 6.20 Å². The van der Waals surface area contributed by atoms with E-state index in [0.29, 0.717) is 29.3 Å². The molecule has 0 aliphatic heterocycles. The number of para-hydroxylation sites is 1. The van der Waals surface area contributed by atoms with Gasteiger partial charge in [0.2, 0.25) is 0 Å². The molecule has 0 radical (unpaired) electrons. The van der Waals surface area contributed by atoms with Crippen molar-refractivity contribution in [3.8, 4) is 17.5 Å². The van der Waals surface area contributed by atoms with Gasteiger partial charge in [0.1, 0.15) is 17.3 Å². The predicted octanol–water partition coefficient (Wildman–Crippen LogP) is 5.80. The zero-order chi connectivity index (χ0) is 21.0. The summed E-state index contributed by atoms with van der Waals surface area (Å²) in [6.07, 6.45) is 5.44. The van der Waals surface area contributed by atoms with Gasteiger partial charge >= 0.3 is 0 Å².